The molecule has 0 spiro atoms. The average molecular weight is 475 g/mol. The number of aromatic nitrogens is 2. The smallest absolute Gasteiger partial charge is 0.252 e. The van der Waals surface area contributed by atoms with Gasteiger partial charge in [0.1, 0.15) is 15.7 Å². The number of ether oxygens (including phenoxy) is 2. The predicted molar refractivity (Wildman–Crippen MR) is 125 cm³/mol. The van der Waals surface area contributed by atoms with Crippen molar-refractivity contribution >= 4 is 27.2 Å². The molecular formula is C22H26N4O4S2. The van der Waals surface area contributed by atoms with Gasteiger partial charge >= 0.3 is 0 Å². The van der Waals surface area contributed by atoms with Gasteiger partial charge in [-0.05, 0) is 48.9 Å². The van der Waals surface area contributed by atoms with Crippen molar-refractivity contribution in [2.45, 2.75) is 17.6 Å². The second-order valence-corrected chi connectivity index (χ2v) is 10.6. The van der Waals surface area contributed by atoms with E-state index in [0.717, 1.165) is 22.7 Å². The molecule has 10 heteroatoms. The molecule has 0 radical (unpaired) electrons. The highest BCUT2D eigenvalue weighted by Gasteiger charge is 2.30. The molecule has 0 bridgehead atoms. The summed E-state index contributed by atoms with van der Waals surface area (Å²) in [4.78, 5) is 3.13. The Kier molecular flexibility index (Phi) is 6.63. The summed E-state index contributed by atoms with van der Waals surface area (Å²) in [5.74, 6) is 2.12. The van der Waals surface area contributed by atoms with Crippen LogP contribution in [0.2, 0.25) is 0 Å². The van der Waals surface area contributed by atoms with Gasteiger partial charge in [0, 0.05) is 36.6 Å². The maximum Gasteiger partial charge on any atom is 0.252 e. The molecule has 2 aromatic heterocycles. The summed E-state index contributed by atoms with van der Waals surface area (Å²) >= 11 is 1.35. The SMILES string of the molecule is CCc1ccc(S(=O)(=O)N2CCN(c3ccc(-c4cc(OC)ccc4OC)nn3)CC2)s1. The topological polar surface area (TPSA) is 84.9 Å². The molecule has 1 fully saturated rings. The van der Waals surface area contributed by atoms with E-state index in [1.165, 1.54) is 11.3 Å². The molecule has 3 aromatic rings. The van der Waals surface area contributed by atoms with Gasteiger partial charge in [-0.1, -0.05) is 6.92 Å². The number of thiophene rings is 1. The van der Waals surface area contributed by atoms with E-state index in [0.29, 0.717) is 47.6 Å². The average Bonchev–Trinajstić information content (AvgIpc) is 3.34. The van der Waals surface area contributed by atoms with Crippen LogP contribution in [0.4, 0.5) is 5.82 Å². The first-order chi connectivity index (χ1) is 15.5. The lowest BCUT2D eigenvalue weighted by atomic mass is 10.1. The Hall–Kier alpha value is -2.69. The van der Waals surface area contributed by atoms with Crippen LogP contribution in [0.1, 0.15) is 11.8 Å². The minimum atomic E-state index is -3.45. The van der Waals surface area contributed by atoms with Crippen molar-refractivity contribution in [3.05, 3.63) is 47.3 Å². The lowest BCUT2D eigenvalue weighted by Crippen LogP contribution is -2.48. The lowest BCUT2D eigenvalue weighted by Gasteiger charge is -2.34. The van der Waals surface area contributed by atoms with Crippen LogP contribution in [0.5, 0.6) is 11.5 Å². The summed E-state index contributed by atoms with van der Waals surface area (Å²) in [5.41, 5.74) is 1.47. The molecule has 170 valence electrons. The molecule has 0 amide bonds. The second-order valence-electron chi connectivity index (χ2n) is 7.31. The summed E-state index contributed by atoms with van der Waals surface area (Å²) < 4.78 is 38.6. The van der Waals surface area contributed by atoms with Gasteiger partial charge in [-0.3, -0.25) is 0 Å². The molecule has 1 aliphatic heterocycles. The van der Waals surface area contributed by atoms with Crippen LogP contribution in [-0.2, 0) is 16.4 Å². The quantitative estimate of drug-likeness (QED) is 0.519. The molecule has 0 saturated carbocycles. The summed E-state index contributed by atoms with van der Waals surface area (Å²) in [6, 6.07) is 12.9. The first-order valence-corrected chi connectivity index (χ1v) is 12.6. The Balaban J connectivity index is 1.46. The molecule has 0 unspecified atom stereocenters. The van der Waals surface area contributed by atoms with Crippen LogP contribution in [0, 0.1) is 0 Å². The van der Waals surface area contributed by atoms with E-state index in [4.69, 9.17) is 9.47 Å². The molecular weight excluding hydrogens is 448 g/mol. The maximum absolute atomic E-state index is 12.9. The summed E-state index contributed by atoms with van der Waals surface area (Å²) in [7, 11) is -0.227. The number of benzene rings is 1. The number of hydrogen-bond donors (Lipinski definition) is 0. The molecule has 1 aliphatic rings. The zero-order chi connectivity index (χ0) is 22.7. The highest BCUT2D eigenvalue weighted by molar-refractivity contribution is 7.91. The van der Waals surface area contributed by atoms with Gasteiger partial charge in [0.05, 0.1) is 19.9 Å². The molecule has 1 saturated heterocycles. The zero-order valence-electron chi connectivity index (χ0n) is 18.3. The lowest BCUT2D eigenvalue weighted by molar-refractivity contribution is 0.384. The Morgan fingerprint density at radius 3 is 2.34 bits per heavy atom. The van der Waals surface area contributed by atoms with E-state index in [1.54, 1.807) is 24.6 Å². The van der Waals surface area contributed by atoms with Gasteiger partial charge in [-0.25, -0.2) is 8.42 Å². The number of anilines is 1. The number of aryl methyl sites for hydroxylation is 1. The number of piperazine rings is 1. The van der Waals surface area contributed by atoms with E-state index < -0.39 is 10.0 Å². The van der Waals surface area contributed by atoms with Gasteiger partial charge in [0.2, 0.25) is 0 Å². The fourth-order valence-corrected chi connectivity index (χ4v) is 6.50. The summed E-state index contributed by atoms with van der Waals surface area (Å²) in [6.07, 6.45) is 0.838. The van der Waals surface area contributed by atoms with Gasteiger partial charge in [-0.15, -0.1) is 21.5 Å². The number of hydrogen-bond acceptors (Lipinski definition) is 8. The van der Waals surface area contributed by atoms with E-state index in [-0.39, 0.29) is 0 Å². The standard InChI is InChI=1S/C22H26N4O4S2/c1-4-17-6-10-22(31-17)32(27,28)26-13-11-25(12-14-26)21-9-7-19(23-24-21)18-15-16(29-2)5-8-20(18)30-3/h5-10,15H,4,11-14H2,1-3H3. The van der Waals surface area contributed by atoms with Crippen molar-refractivity contribution in [2.24, 2.45) is 0 Å². The van der Waals surface area contributed by atoms with E-state index >= 15 is 0 Å². The van der Waals surface area contributed by atoms with Crippen LogP contribution in [0.25, 0.3) is 11.3 Å². The van der Waals surface area contributed by atoms with Gasteiger partial charge in [0.25, 0.3) is 10.0 Å². The third-order valence-corrected chi connectivity index (χ3v) is 9.07. The largest absolute Gasteiger partial charge is 0.497 e. The first-order valence-electron chi connectivity index (χ1n) is 10.4. The predicted octanol–water partition coefficient (Wildman–Crippen LogP) is 3.30. The van der Waals surface area contributed by atoms with Gasteiger partial charge in [0.15, 0.2) is 5.82 Å². The zero-order valence-corrected chi connectivity index (χ0v) is 19.9. The summed E-state index contributed by atoms with van der Waals surface area (Å²) in [5, 5.41) is 8.76. The van der Waals surface area contributed by atoms with Gasteiger partial charge in [-0.2, -0.15) is 4.31 Å². The van der Waals surface area contributed by atoms with Crippen LogP contribution in [-0.4, -0.2) is 63.3 Å². The third kappa shape index (κ3) is 4.43. The number of methoxy groups -OCH3 is 2. The Morgan fingerprint density at radius 2 is 1.75 bits per heavy atom. The highest BCUT2D eigenvalue weighted by Crippen LogP contribution is 2.32. The minimum absolute atomic E-state index is 0.412. The molecule has 1 aromatic carbocycles. The summed E-state index contributed by atoms with van der Waals surface area (Å²) in [6.45, 7) is 3.96. The normalized spacial score (nSPS) is 15.0. The van der Waals surface area contributed by atoms with Crippen LogP contribution >= 0.6 is 11.3 Å². The van der Waals surface area contributed by atoms with Crippen molar-refractivity contribution in [1.82, 2.24) is 14.5 Å². The van der Waals surface area contributed by atoms with E-state index in [2.05, 4.69) is 15.1 Å². The van der Waals surface area contributed by atoms with Crippen molar-refractivity contribution in [3.63, 3.8) is 0 Å². The number of rotatable bonds is 7. The van der Waals surface area contributed by atoms with Crippen LogP contribution in [0.3, 0.4) is 0 Å². The molecule has 0 N–H and O–H groups in total. The molecule has 3 heterocycles. The first kappa shape index (κ1) is 22.5. The highest BCUT2D eigenvalue weighted by atomic mass is 32.2. The fraction of sp³-hybridized carbons (Fsp3) is 0.364. The Bertz CT molecular complexity index is 1170. The third-order valence-electron chi connectivity index (χ3n) is 5.48. The maximum atomic E-state index is 12.9. The Labute approximate surface area is 192 Å². The molecule has 4 rings (SSSR count). The van der Waals surface area contributed by atoms with Crippen LogP contribution < -0.4 is 14.4 Å². The number of nitrogens with zero attached hydrogens (tertiary/aromatic N) is 4. The van der Waals surface area contributed by atoms with Crippen molar-refractivity contribution in [2.75, 3.05) is 45.3 Å². The number of sulfonamides is 1. The van der Waals surface area contributed by atoms with Crippen LogP contribution in [0.15, 0.2) is 46.7 Å². The van der Waals surface area contributed by atoms with E-state index in [9.17, 15) is 8.42 Å². The molecule has 0 atom stereocenters. The molecule has 8 nitrogen and oxygen atoms in total. The van der Waals surface area contributed by atoms with Crippen molar-refractivity contribution in [1.29, 1.82) is 0 Å². The second kappa shape index (κ2) is 9.43. The monoisotopic (exact) mass is 474 g/mol. The van der Waals surface area contributed by atoms with Crippen molar-refractivity contribution in [3.8, 4) is 22.8 Å². The van der Waals surface area contributed by atoms with E-state index in [1.807, 2.05) is 43.3 Å². The minimum Gasteiger partial charge on any atom is -0.497 e. The van der Waals surface area contributed by atoms with Gasteiger partial charge < -0.3 is 14.4 Å². The molecule has 32 heavy (non-hydrogen) atoms. The van der Waals surface area contributed by atoms with Crippen molar-refractivity contribution < 1.29 is 17.9 Å². The Morgan fingerprint density at radius 1 is 0.969 bits per heavy atom. The molecule has 0 aliphatic carbocycles. The fourth-order valence-electron chi connectivity index (χ4n) is 3.62.